The number of hydrogen-bond acceptors (Lipinski definition) is 4. The monoisotopic (exact) mass is 279 g/mol. The zero-order chi connectivity index (χ0) is 14.5. The Labute approximate surface area is 118 Å². The number of piperazine rings is 1. The number of carbonyl (C=O) groups excluding carboxylic acids is 2. The molecule has 1 aromatic rings. The van der Waals surface area contributed by atoms with Crippen LogP contribution in [0.2, 0.25) is 0 Å². The lowest BCUT2D eigenvalue weighted by Crippen LogP contribution is -2.49. The zero-order valence-electron chi connectivity index (χ0n) is 12.0. The molecule has 1 aromatic heterocycles. The van der Waals surface area contributed by atoms with Crippen molar-refractivity contribution in [1.82, 2.24) is 24.9 Å². The molecule has 0 atom stereocenters. The molecule has 0 unspecified atom stereocenters. The average Bonchev–Trinajstić information content (AvgIpc) is 2.86. The number of hydrogen-bond donors (Lipinski definition) is 1. The van der Waals surface area contributed by atoms with E-state index in [9.17, 15) is 9.59 Å². The maximum atomic E-state index is 11.8. The molecule has 0 aromatic carbocycles. The zero-order valence-corrected chi connectivity index (χ0v) is 12.0. The molecule has 0 saturated carbocycles. The fourth-order valence-corrected chi connectivity index (χ4v) is 2.25. The summed E-state index contributed by atoms with van der Waals surface area (Å²) >= 11 is 0. The van der Waals surface area contributed by atoms with Gasteiger partial charge >= 0.3 is 0 Å². The van der Waals surface area contributed by atoms with Crippen molar-refractivity contribution in [2.45, 2.75) is 6.92 Å². The standard InChI is InChI=1S/C13H21N5O2/c1-11(19)18-7-5-17(6-8-18)4-3-14-13(20)12-9-15-16(2)10-12/h9-10H,3-8H2,1-2H3,(H,14,20). The highest BCUT2D eigenvalue weighted by Gasteiger charge is 2.18. The van der Waals surface area contributed by atoms with Gasteiger partial charge < -0.3 is 10.2 Å². The van der Waals surface area contributed by atoms with Gasteiger partial charge in [0.15, 0.2) is 0 Å². The van der Waals surface area contributed by atoms with Gasteiger partial charge in [-0.1, -0.05) is 0 Å². The summed E-state index contributed by atoms with van der Waals surface area (Å²) < 4.78 is 1.61. The van der Waals surface area contributed by atoms with E-state index in [4.69, 9.17) is 0 Å². The number of amides is 2. The van der Waals surface area contributed by atoms with Crippen LogP contribution in [0.15, 0.2) is 12.4 Å². The van der Waals surface area contributed by atoms with Crippen LogP contribution in [0.25, 0.3) is 0 Å². The van der Waals surface area contributed by atoms with Crippen LogP contribution in [0, 0.1) is 0 Å². The Balaban J connectivity index is 1.67. The van der Waals surface area contributed by atoms with Gasteiger partial charge in [-0.2, -0.15) is 5.10 Å². The predicted molar refractivity (Wildman–Crippen MR) is 74.2 cm³/mol. The van der Waals surface area contributed by atoms with Crippen LogP contribution in [-0.2, 0) is 11.8 Å². The Morgan fingerprint density at radius 1 is 1.30 bits per heavy atom. The van der Waals surface area contributed by atoms with E-state index in [1.807, 2.05) is 4.90 Å². The minimum Gasteiger partial charge on any atom is -0.351 e. The van der Waals surface area contributed by atoms with E-state index in [-0.39, 0.29) is 11.8 Å². The molecule has 0 bridgehead atoms. The molecule has 20 heavy (non-hydrogen) atoms. The molecule has 110 valence electrons. The van der Waals surface area contributed by atoms with E-state index in [0.717, 1.165) is 32.7 Å². The van der Waals surface area contributed by atoms with E-state index in [0.29, 0.717) is 12.1 Å². The summed E-state index contributed by atoms with van der Waals surface area (Å²) in [5.41, 5.74) is 0.578. The maximum absolute atomic E-state index is 11.8. The second kappa shape index (κ2) is 6.51. The Morgan fingerprint density at radius 3 is 2.55 bits per heavy atom. The van der Waals surface area contributed by atoms with Crippen molar-refractivity contribution in [3.63, 3.8) is 0 Å². The van der Waals surface area contributed by atoms with Gasteiger partial charge in [0.05, 0.1) is 11.8 Å². The number of nitrogens with zero attached hydrogens (tertiary/aromatic N) is 4. The van der Waals surface area contributed by atoms with Crippen LogP contribution in [0.1, 0.15) is 17.3 Å². The van der Waals surface area contributed by atoms with Gasteiger partial charge in [0, 0.05) is 59.4 Å². The number of aromatic nitrogens is 2. The van der Waals surface area contributed by atoms with E-state index in [1.54, 1.807) is 31.0 Å². The summed E-state index contributed by atoms with van der Waals surface area (Å²) in [6.07, 6.45) is 3.25. The Morgan fingerprint density at radius 2 is 2.00 bits per heavy atom. The topological polar surface area (TPSA) is 70.5 Å². The fourth-order valence-electron chi connectivity index (χ4n) is 2.25. The lowest BCUT2D eigenvalue weighted by atomic mass is 10.3. The number of carbonyl (C=O) groups is 2. The molecule has 1 fully saturated rings. The molecule has 0 radical (unpaired) electrons. The Bertz CT molecular complexity index is 477. The van der Waals surface area contributed by atoms with Crippen molar-refractivity contribution in [3.8, 4) is 0 Å². The lowest BCUT2D eigenvalue weighted by molar-refractivity contribution is -0.130. The molecule has 0 aliphatic carbocycles. The van der Waals surface area contributed by atoms with E-state index in [2.05, 4.69) is 15.3 Å². The number of rotatable bonds is 4. The molecule has 2 rings (SSSR count). The first-order valence-corrected chi connectivity index (χ1v) is 6.81. The molecule has 0 spiro atoms. The number of nitrogens with one attached hydrogen (secondary N) is 1. The van der Waals surface area contributed by atoms with Crippen LogP contribution in [0.4, 0.5) is 0 Å². The van der Waals surface area contributed by atoms with Gasteiger partial charge in [-0.05, 0) is 0 Å². The van der Waals surface area contributed by atoms with Crippen LogP contribution in [-0.4, -0.2) is 70.7 Å². The van der Waals surface area contributed by atoms with Gasteiger partial charge in [0.25, 0.3) is 5.91 Å². The Hall–Kier alpha value is -1.89. The Kier molecular flexibility index (Phi) is 4.73. The SMILES string of the molecule is CC(=O)N1CCN(CCNC(=O)c2cnn(C)c2)CC1. The van der Waals surface area contributed by atoms with Gasteiger partial charge in [0.2, 0.25) is 5.91 Å². The highest BCUT2D eigenvalue weighted by atomic mass is 16.2. The predicted octanol–water partition coefficient (Wildman–Crippen LogP) is -0.686. The van der Waals surface area contributed by atoms with Gasteiger partial charge in [-0.25, -0.2) is 0 Å². The quantitative estimate of drug-likeness (QED) is 0.792. The highest BCUT2D eigenvalue weighted by molar-refractivity contribution is 5.93. The largest absolute Gasteiger partial charge is 0.351 e. The molecular weight excluding hydrogens is 258 g/mol. The average molecular weight is 279 g/mol. The summed E-state index contributed by atoms with van der Waals surface area (Å²) in [4.78, 5) is 27.1. The third-order valence-corrected chi connectivity index (χ3v) is 3.50. The summed E-state index contributed by atoms with van der Waals surface area (Å²) in [5.74, 6) is 0.0370. The second-order valence-corrected chi connectivity index (χ2v) is 5.01. The van der Waals surface area contributed by atoms with E-state index in [1.165, 1.54) is 0 Å². The third-order valence-electron chi connectivity index (χ3n) is 3.50. The third kappa shape index (κ3) is 3.80. The molecule has 1 N–H and O–H groups in total. The van der Waals surface area contributed by atoms with Crippen LogP contribution in [0.5, 0.6) is 0 Å². The fraction of sp³-hybridized carbons (Fsp3) is 0.615. The van der Waals surface area contributed by atoms with Crippen molar-refractivity contribution in [3.05, 3.63) is 18.0 Å². The second-order valence-electron chi connectivity index (χ2n) is 5.01. The summed E-state index contributed by atoms with van der Waals surface area (Å²) in [6, 6.07) is 0. The lowest BCUT2D eigenvalue weighted by Gasteiger charge is -2.34. The van der Waals surface area contributed by atoms with Crippen molar-refractivity contribution in [2.24, 2.45) is 7.05 Å². The first-order valence-electron chi connectivity index (χ1n) is 6.81. The molecule has 2 heterocycles. The smallest absolute Gasteiger partial charge is 0.254 e. The van der Waals surface area contributed by atoms with Crippen LogP contribution < -0.4 is 5.32 Å². The van der Waals surface area contributed by atoms with E-state index >= 15 is 0 Å². The highest BCUT2D eigenvalue weighted by Crippen LogP contribution is 2.01. The first kappa shape index (κ1) is 14.5. The van der Waals surface area contributed by atoms with Gasteiger partial charge in [-0.3, -0.25) is 19.2 Å². The molecular formula is C13H21N5O2. The van der Waals surface area contributed by atoms with Crippen LogP contribution in [0.3, 0.4) is 0 Å². The molecule has 1 saturated heterocycles. The molecule has 2 amide bonds. The van der Waals surface area contributed by atoms with Crippen molar-refractivity contribution in [1.29, 1.82) is 0 Å². The summed E-state index contributed by atoms with van der Waals surface area (Å²) in [5, 5.41) is 6.85. The first-order chi connectivity index (χ1) is 9.56. The molecule has 7 nitrogen and oxygen atoms in total. The van der Waals surface area contributed by atoms with Crippen molar-refractivity contribution >= 4 is 11.8 Å². The van der Waals surface area contributed by atoms with Gasteiger partial charge in [-0.15, -0.1) is 0 Å². The van der Waals surface area contributed by atoms with Gasteiger partial charge in [0.1, 0.15) is 0 Å². The maximum Gasteiger partial charge on any atom is 0.254 e. The molecule has 1 aliphatic heterocycles. The van der Waals surface area contributed by atoms with Crippen molar-refractivity contribution in [2.75, 3.05) is 39.3 Å². The minimum atomic E-state index is -0.0968. The summed E-state index contributed by atoms with van der Waals surface area (Å²) in [6.45, 7) is 6.28. The van der Waals surface area contributed by atoms with Crippen molar-refractivity contribution < 1.29 is 9.59 Å². The number of aryl methyl sites for hydroxylation is 1. The normalized spacial score (nSPS) is 16.2. The summed E-state index contributed by atoms with van der Waals surface area (Å²) in [7, 11) is 1.78. The van der Waals surface area contributed by atoms with Crippen LogP contribution >= 0.6 is 0 Å². The minimum absolute atomic E-state index is 0.0968. The van der Waals surface area contributed by atoms with E-state index < -0.39 is 0 Å². The molecule has 1 aliphatic rings. The molecule has 7 heteroatoms.